The summed E-state index contributed by atoms with van der Waals surface area (Å²) in [5.41, 5.74) is -0.625. The van der Waals surface area contributed by atoms with E-state index in [0.29, 0.717) is 4.90 Å². The highest BCUT2D eigenvalue weighted by Gasteiger charge is 2.29. The van der Waals surface area contributed by atoms with Crippen molar-refractivity contribution in [3.8, 4) is 0 Å². The van der Waals surface area contributed by atoms with Crippen LogP contribution in [0.2, 0.25) is 0 Å². The van der Waals surface area contributed by atoms with E-state index in [9.17, 15) is 30.4 Å². The minimum Gasteiger partial charge on any atom is -0.418 e. The second-order valence-corrected chi connectivity index (χ2v) is 3.15. The van der Waals surface area contributed by atoms with E-state index in [4.69, 9.17) is 0 Å². The summed E-state index contributed by atoms with van der Waals surface area (Å²) in [6, 6.07) is 4.78. The van der Waals surface area contributed by atoms with Crippen LogP contribution >= 0.6 is 0 Å². The van der Waals surface area contributed by atoms with Gasteiger partial charge in [-0.2, -0.15) is 13.2 Å². The van der Waals surface area contributed by atoms with Crippen molar-refractivity contribution >= 4 is 19.9 Å². The number of benzene rings is 1. The van der Waals surface area contributed by atoms with Gasteiger partial charge in [-0.25, -0.2) is 0 Å². The molecule has 0 aliphatic heterocycles. The molecule has 0 aliphatic carbocycles. The third kappa shape index (κ3) is 8.45. The maximum Gasteiger partial charge on any atom is 0.673 e. The number of hydrogen-bond acceptors (Lipinski definition) is 0. The zero-order valence-corrected chi connectivity index (χ0v) is 8.53. The van der Waals surface area contributed by atoms with Crippen molar-refractivity contribution < 1.29 is 30.4 Å². The Morgan fingerprint density at radius 3 is 1.44 bits per heavy atom. The summed E-state index contributed by atoms with van der Waals surface area (Å²) in [6.45, 7) is 0. The van der Waals surface area contributed by atoms with E-state index >= 15 is 0 Å². The van der Waals surface area contributed by atoms with Gasteiger partial charge in [0.05, 0.1) is 5.56 Å². The van der Waals surface area contributed by atoms with Gasteiger partial charge in [-0.1, -0.05) is 0 Å². The Morgan fingerprint density at radius 2 is 1.19 bits per heavy atom. The number of hydrogen-bond donors (Lipinski definition) is 0. The molecular weight excluding hydrogens is 260 g/mol. The average molecular weight is 266 g/mol. The van der Waals surface area contributed by atoms with Crippen LogP contribution in [0.3, 0.4) is 0 Å². The van der Waals surface area contributed by atoms with Gasteiger partial charge in [-0.15, -0.1) is 0 Å². The molecule has 0 fully saturated rings. The SMILES string of the molecule is FC(F)(F)c1ccc([SH2+])cc1.F[B-](F)(F)F. The Balaban J connectivity index is 0.000000385. The Hall–Kier alpha value is -0.855. The van der Waals surface area contributed by atoms with Gasteiger partial charge >= 0.3 is 13.4 Å². The summed E-state index contributed by atoms with van der Waals surface area (Å²) >= 11 is 3.09. The normalized spacial score (nSPS) is 11.8. The second kappa shape index (κ2) is 5.47. The highest BCUT2D eigenvalue weighted by molar-refractivity contribution is 7.58. The van der Waals surface area contributed by atoms with Crippen LogP contribution in [0.1, 0.15) is 5.56 Å². The van der Waals surface area contributed by atoms with Crippen LogP contribution in [0.4, 0.5) is 30.4 Å². The van der Waals surface area contributed by atoms with E-state index < -0.39 is 19.0 Å². The summed E-state index contributed by atoms with van der Waals surface area (Å²) in [5.74, 6) is 0. The first kappa shape index (κ1) is 15.1. The monoisotopic (exact) mass is 266 g/mol. The Kier molecular flexibility index (Phi) is 5.17. The average Bonchev–Trinajstić information content (AvgIpc) is 1.99. The summed E-state index contributed by atoms with van der Waals surface area (Å²) in [6.07, 6.45) is -4.24. The van der Waals surface area contributed by atoms with Gasteiger partial charge in [0.25, 0.3) is 0 Å². The second-order valence-electron chi connectivity index (χ2n) is 2.57. The van der Waals surface area contributed by atoms with Crippen molar-refractivity contribution in [3.63, 3.8) is 0 Å². The molecule has 92 valence electrons. The number of alkyl halides is 3. The molecule has 0 atom stereocenters. The van der Waals surface area contributed by atoms with Crippen LogP contribution in [0, 0.1) is 0 Å². The third-order valence-corrected chi connectivity index (χ3v) is 1.55. The van der Waals surface area contributed by atoms with Gasteiger partial charge in [0.15, 0.2) is 0 Å². The lowest BCUT2D eigenvalue weighted by molar-refractivity contribution is -0.137. The molecule has 0 spiro atoms. The van der Waals surface area contributed by atoms with Gasteiger partial charge in [-0.3, -0.25) is 0 Å². The molecule has 1 rings (SSSR count). The van der Waals surface area contributed by atoms with E-state index in [2.05, 4.69) is 12.6 Å². The Morgan fingerprint density at radius 1 is 0.875 bits per heavy atom. The molecule has 0 nitrogen and oxygen atoms in total. The van der Waals surface area contributed by atoms with Crippen molar-refractivity contribution in [2.24, 2.45) is 0 Å². The highest BCUT2D eigenvalue weighted by atomic mass is 32.1. The number of halogens is 7. The molecular formula is C7H6BF7S. The molecule has 0 amide bonds. The van der Waals surface area contributed by atoms with Crippen molar-refractivity contribution in [1.29, 1.82) is 0 Å². The summed E-state index contributed by atoms with van der Waals surface area (Å²) in [4.78, 5) is 0.637. The predicted octanol–water partition coefficient (Wildman–Crippen LogP) is 3.38. The van der Waals surface area contributed by atoms with E-state index in [-0.39, 0.29) is 0 Å². The molecule has 0 N–H and O–H groups in total. The molecule has 0 unspecified atom stereocenters. The maximum atomic E-state index is 11.9. The van der Waals surface area contributed by atoms with Crippen LogP contribution in [-0.4, -0.2) is 7.25 Å². The van der Waals surface area contributed by atoms with Gasteiger partial charge in [0, 0.05) is 0 Å². The smallest absolute Gasteiger partial charge is 0.418 e. The van der Waals surface area contributed by atoms with E-state index in [0.717, 1.165) is 12.1 Å². The zero-order valence-electron chi connectivity index (χ0n) is 7.53. The van der Waals surface area contributed by atoms with Crippen molar-refractivity contribution in [2.45, 2.75) is 11.1 Å². The standard InChI is InChI=1S/C7H5F3S.BF4/c8-7(9,10)5-1-3-6(11)4-2-5;2-1(3,4)5/h1-4,11H;/q;-1/p+1. The van der Waals surface area contributed by atoms with Crippen LogP contribution in [0.5, 0.6) is 0 Å². The van der Waals surface area contributed by atoms with Crippen molar-refractivity contribution in [2.75, 3.05) is 0 Å². The highest BCUT2D eigenvalue weighted by Crippen LogP contribution is 2.28. The van der Waals surface area contributed by atoms with Crippen LogP contribution < -0.4 is 0 Å². The molecule has 1 aromatic rings. The van der Waals surface area contributed by atoms with E-state index in [1.165, 1.54) is 12.1 Å². The van der Waals surface area contributed by atoms with Crippen molar-refractivity contribution in [3.05, 3.63) is 29.8 Å². The predicted molar refractivity (Wildman–Crippen MR) is 50.1 cm³/mol. The van der Waals surface area contributed by atoms with E-state index in [1.807, 2.05) is 0 Å². The molecule has 9 heteroatoms. The van der Waals surface area contributed by atoms with Gasteiger partial charge in [0.2, 0.25) is 0 Å². The van der Waals surface area contributed by atoms with Gasteiger partial charge in [-0.05, 0) is 36.9 Å². The Bertz CT molecular complexity index is 309. The summed E-state index contributed by atoms with van der Waals surface area (Å²) in [7, 11) is -6.00. The minimum absolute atomic E-state index is 0.625. The quantitative estimate of drug-likeness (QED) is 0.383. The topological polar surface area (TPSA) is 0 Å². The lowest BCUT2D eigenvalue weighted by Crippen LogP contribution is -2.03. The van der Waals surface area contributed by atoms with Crippen LogP contribution in [0.15, 0.2) is 29.2 Å². The molecule has 0 aliphatic rings. The molecule has 0 radical (unpaired) electrons. The molecule has 0 heterocycles. The first-order chi connectivity index (χ1) is 7.00. The first-order valence-corrected chi connectivity index (χ1v) is 4.26. The fourth-order valence-electron chi connectivity index (χ4n) is 0.659. The largest absolute Gasteiger partial charge is 0.673 e. The summed E-state index contributed by atoms with van der Waals surface area (Å²) in [5, 5.41) is 0. The molecule has 0 aromatic heterocycles. The maximum absolute atomic E-state index is 11.9. The first-order valence-electron chi connectivity index (χ1n) is 3.76. The van der Waals surface area contributed by atoms with Gasteiger partial charge in [0.1, 0.15) is 4.90 Å². The fourth-order valence-corrected chi connectivity index (χ4v) is 0.826. The third-order valence-electron chi connectivity index (χ3n) is 1.21. The minimum atomic E-state index is -6.00. The zero-order chi connectivity index (χ0) is 13.0. The van der Waals surface area contributed by atoms with E-state index in [1.54, 1.807) is 0 Å². The molecule has 0 saturated heterocycles. The molecule has 1 aromatic carbocycles. The van der Waals surface area contributed by atoms with Crippen LogP contribution in [0.25, 0.3) is 0 Å². The molecule has 0 saturated carbocycles. The molecule has 0 bridgehead atoms. The summed E-state index contributed by atoms with van der Waals surface area (Å²) < 4.78 is 74.7. The Labute approximate surface area is 92.0 Å². The fraction of sp³-hybridized carbons (Fsp3) is 0.143. The van der Waals surface area contributed by atoms with Gasteiger partial charge < -0.3 is 17.3 Å². The lowest BCUT2D eigenvalue weighted by atomic mass is 10.2. The number of rotatable bonds is 0. The lowest BCUT2D eigenvalue weighted by Gasteiger charge is -2.04. The van der Waals surface area contributed by atoms with Crippen molar-refractivity contribution in [1.82, 2.24) is 0 Å². The van der Waals surface area contributed by atoms with Crippen LogP contribution in [-0.2, 0) is 18.8 Å². The molecule has 16 heavy (non-hydrogen) atoms.